The maximum Gasteiger partial charge on any atom is 0.250 e. The molecule has 2 aromatic heterocycles. The van der Waals surface area contributed by atoms with Crippen LogP contribution >= 0.6 is 11.3 Å². The second-order valence-corrected chi connectivity index (χ2v) is 8.95. The molecule has 0 bridgehead atoms. The number of aromatic hydroxyl groups is 1. The lowest BCUT2D eigenvalue weighted by Crippen LogP contribution is -2.50. The van der Waals surface area contributed by atoms with E-state index >= 15 is 0 Å². The Hall–Kier alpha value is -3.36. The number of piperazine rings is 1. The van der Waals surface area contributed by atoms with Crippen molar-refractivity contribution in [3.05, 3.63) is 76.5 Å². The number of imidazole rings is 1. The highest BCUT2D eigenvalue weighted by molar-refractivity contribution is 7.09. The average Bonchev–Trinajstić information content (AvgIpc) is 3.47. The first-order valence-corrected chi connectivity index (χ1v) is 11.6. The minimum Gasteiger partial charge on any atom is -0.508 e. The third-order valence-corrected chi connectivity index (χ3v) is 6.67. The van der Waals surface area contributed by atoms with Gasteiger partial charge in [0, 0.05) is 43.2 Å². The summed E-state index contributed by atoms with van der Waals surface area (Å²) in [6.45, 7) is 3.86. The van der Waals surface area contributed by atoms with Crippen molar-refractivity contribution in [2.75, 3.05) is 31.5 Å². The third kappa shape index (κ3) is 4.32. The number of fused-ring (bicyclic) bond motifs is 1. The summed E-state index contributed by atoms with van der Waals surface area (Å²) in [5, 5.41) is 15.8. The molecule has 0 aliphatic carbocycles. The first-order valence-electron chi connectivity index (χ1n) is 10.7. The number of aromatic amines is 1. The van der Waals surface area contributed by atoms with Crippen molar-refractivity contribution in [2.45, 2.75) is 12.6 Å². The van der Waals surface area contributed by atoms with Crippen molar-refractivity contribution in [3.63, 3.8) is 0 Å². The number of phenols is 1. The molecule has 2 aromatic carbocycles. The number of carbonyl (C=O) groups excluding carboxylic acids is 1. The molecule has 3 N–H and O–H groups in total. The monoisotopic (exact) mass is 447 g/mol. The number of hydrogen-bond acceptors (Lipinski definition) is 6. The van der Waals surface area contributed by atoms with Gasteiger partial charge in [-0.3, -0.25) is 9.69 Å². The molecule has 3 heterocycles. The molecule has 0 radical (unpaired) electrons. The van der Waals surface area contributed by atoms with Crippen LogP contribution in [0.4, 0.5) is 5.95 Å². The van der Waals surface area contributed by atoms with E-state index in [9.17, 15) is 9.90 Å². The number of thiophene rings is 1. The maximum absolute atomic E-state index is 13.6. The average molecular weight is 448 g/mol. The fourth-order valence-electron chi connectivity index (χ4n) is 4.09. The number of H-pyrrole nitrogens is 1. The number of rotatable bonds is 6. The van der Waals surface area contributed by atoms with Gasteiger partial charge in [0.1, 0.15) is 11.8 Å². The fraction of sp³-hybridized carbons (Fsp3) is 0.250. The summed E-state index contributed by atoms with van der Waals surface area (Å²) in [7, 11) is 0. The molecule has 1 fully saturated rings. The van der Waals surface area contributed by atoms with Crippen LogP contribution in [0.3, 0.4) is 0 Å². The smallest absolute Gasteiger partial charge is 0.250 e. The molecule has 0 saturated carbocycles. The lowest BCUT2D eigenvalue weighted by atomic mass is 10.0. The molecule has 4 aromatic rings. The maximum atomic E-state index is 13.6. The summed E-state index contributed by atoms with van der Waals surface area (Å²) in [6.07, 6.45) is 0. The van der Waals surface area contributed by atoms with Crippen LogP contribution in [0.5, 0.6) is 5.75 Å². The molecule has 1 saturated heterocycles. The van der Waals surface area contributed by atoms with Crippen LogP contribution in [0.1, 0.15) is 16.5 Å². The third-order valence-electron chi connectivity index (χ3n) is 5.81. The van der Waals surface area contributed by atoms with Crippen LogP contribution in [-0.2, 0) is 11.3 Å². The Morgan fingerprint density at radius 3 is 2.59 bits per heavy atom. The number of nitrogens with one attached hydrogen (secondary N) is 2. The largest absolute Gasteiger partial charge is 0.508 e. The Morgan fingerprint density at radius 1 is 1.06 bits per heavy atom. The molecule has 164 valence electrons. The van der Waals surface area contributed by atoms with E-state index in [0.717, 1.165) is 30.7 Å². The molecule has 8 heteroatoms. The van der Waals surface area contributed by atoms with Crippen LogP contribution in [0.2, 0.25) is 0 Å². The van der Waals surface area contributed by atoms with Crippen LogP contribution in [0.15, 0.2) is 66.0 Å². The standard InChI is InChI=1S/C24H25N5O2S/c30-21-10-4-1-7-18(21)22(27-24-25-19-8-2-3-9-20(19)26-24)23(31)29-13-11-28(12-14-29)16-17-6-5-15-32-17/h1-10,15,22,30H,11-14,16H2,(H2,25,26,27). The van der Waals surface area contributed by atoms with Gasteiger partial charge in [-0.2, -0.15) is 0 Å². The van der Waals surface area contributed by atoms with Gasteiger partial charge in [-0.25, -0.2) is 4.98 Å². The minimum absolute atomic E-state index is 0.0669. The predicted molar refractivity (Wildman–Crippen MR) is 127 cm³/mol. The van der Waals surface area contributed by atoms with Crippen LogP contribution in [-0.4, -0.2) is 57.0 Å². The van der Waals surface area contributed by atoms with E-state index < -0.39 is 6.04 Å². The molecule has 1 aliphatic rings. The van der Waals surface area contributed by atoms with Gasteiger partial charge in [0.25, 0.3) is 0 Å². The summed E-state index contributed by atoms with van der Waals surface area (Å²) in [6, 6.07) is 18.2. The van der Waals surface area contributed by atoms with Crippen LogP contribution < -0.4 is 5.32 Å². The van der Waals surface area contributed by atoms with Gasteiger partial charge in [-0.15, -0.1) is 11.3 Å². The highest BCUT2D eigenvalue weighted by Gasteiger charge is 2.31. The molecular weight excluding hydrogens is 422 g/mol. The van der Waals surface area contributed by atoms with Crippen molar-refractivity contribution >= 4 is 34.2 Å². The van der Waals surface area contributed by atoms with E-state index in [1.165, 1.54) is 4.88 Å². The van der Waals surface area contributed by atoms with Crippen molar-refractivity contribution in [3.8, 4) is 5.75 Å². The zero-order valence-corrected chi connectivity index (χ0v) is 18.4. The molecule has 1 amide bonds. The Kier molecular flexibility index (Phi) is 5.79. The second kappa shape index (κ2) is 9.02. The van der Waals surface area contributed by atoms with Gasteiger partial charge in [0.15, 0.2) is 0 Å². The number of amides is 1. The van der Waals surface area contributed by atoms with E-state index in [4.69, 9.17) is 0 Å². The molecule has 1 atom stereocenters. The van der Waals surface area contributed by atoms with Gasteiger partial charge in [-0.1, -0.05) is 36.4 Å². The molecule has 7 nitrogen and oxygen atoms in total. The normalized spacial score (nSPS) is 15.7. The summed E-state index contributed by atoms with van der Waals surface area (Å²) in [4.78, 5) is 27.0. The summed E-state index contributed by atoms with van der Waals surface area (Å²) >= 11 is 1.76. The van der Waals surface area contributed by atoms with E-state index in [0.29, 0.717) is 24.6 Å². The molecule has 1 unspecified atom stereocenters. The number of benzene rings is 2. The summed E-state index contributed by atoms with van der Waals surface area (Å²) < 4.78 is 0. The molecule has 1 aliphatic heterocycles. The molecule has 0 spiro atoms. The number of phenolic OH excluding ortho intramolecular Hbond substituents is 1. The Morgan fingerprint density at radius 2 is 1.84 bits per heavy atom. The quantitative estimate of drug-likeness (QED) is 0.418. The SMILES string of the molecule is O=C(C(Nc1nc2ccccc2[nH]1)c1ccccc1O)N1CCN(Cc2cccs2)CC1. The summed E-state index contributed by atoms with van der Waals surface area (Å²) in [5.74, 6) is 0.526. The van der Waals surface area contributed by atoms with E-state index in [1.807, 2.05) is 35.2 Å². The highest BCUT2D eigenvalue weighted by Crippen LogP contribution is 2.29. The molecule has 32 heavy (non-hydrogen) atoms. The zero-order chi connectivity index (χ0) is 21.9. The number of aromatic nitrogens is 2. The number of carbonyl (C=O) groups is 1. The van der Waals surface area contributed by atoms with Gasteiger partial charge in [0.05, 0.1) is 11.0 Å². The number of anilines is 1. The molecular formula is C24H25N5O2S. The van der Waals surface area contributed by atoms with Crippen molar-refractivity contribution in [2.24, 2.45) is 0 Å². The molecule has 5 rings (SSSR count). The lowest BCUT2D eigenvalue weighted by molar-refractivity contribution is -0.134. The Bertz CT molecular complexity index is 1170. The van der Waals surface area contributed by atoms with Gasteiger partial charge < -0.3 is 20.3 Å². The van der Waals surface area contributed by atoms with E-state index in [-0.39, 0.29) is 11.7 Å². The van der Waals surface area contributed by atoms with Crippen LogP contribution in [0, 0.1) is 0 Å². The minimum atomic E-state index is -0.736. The van der Waals surface area contributed by atoms with Crippen LogP contribution in [0.25, 0.3) is 11.0 Å². The van der Waals surface area contributed by atoms with Gasteiger partial charge >= 0.3 is 0 Å². The number of hydrogen-bond donors (Lipinski definition) is 3. The van der Waals surface area contributed by atoms with Crippen molar-refractivity contribution < 1.29 is 9.90 Å². The highest BCUT2D eigenvalue weighted by atomic mass is 32.1. The number of nitrogens with zero attached hydrogens (tertiary/aromatic N) is 3. The van der Waals surface area contributed by atoms with E-state index in [2.05, 4.69) is 37.7 Å². The zero-order valence-electron chi connectivity index (χ0n) is 17.6. The fourth-order valence-corrected chi connectivity index (χ4v) is 4.84. The first-order chi connectivity index (χ1) is 15.7. The van der Waals surface area contributed by atoms with Crippen molar-refractivity contribution in [1.29, 1.82) is 0 Å². The summed E-state index contributed by atoms with van der Waals surface area (Å²) in [5.41, 5.74) is 2.25. The Labute approximate surface area is 190 Å². The van der Waals surface area contributed by atoms with Crippen molar-refractivity contribution in [1.82, 2.24) is 19.8 Å². The number of para-hydroxylation sites is 3. The van der Waals surface area contributed by atoms with E-state index in [1.54, 1.807) is 29.5 Å². The Balaban J connectivity index is 1.34. The van der Waals surface area contributed by atoms with Gasteiger partial charge in [0.2, 0.25) is 11.9 Å². The van der Waals surface area contributed by atoms with Gasteiger partial charge in [-0.05, 0) is 29.6 Å². The topological polar surface area (TPSA) is 84.5 Å². The first kappa shape index (κ1) is 20.5. The predicted octanol–water partition coefficient (Wildman–Crippen LogP) is 3.83. The second-order valence-electron chi connectivity index (χ2n) is 7.92. The lowest BCUT2D eigenvalue weighted by Gasteiger charge is -2.36.